The van der Waals surface area contributed by atoms with Gasteiger partial charge in [0, 0.05) is 21.5 Å². The topological polar surface area (TPSA) is 58.2 Å². The predicted octanol–water partition coefficient (Wildman–Crippen LogP) is 6.06. The van der Waals surface area contributed by atoms with E-state index in [-0.39, 0.29) is 20.6 Å². The van der Waals surface area contributed by atoms with E-state index in [1.807, 2.05) is 0 Å². The van der Waals surface area contributed by atoms with E-state index < -0.39 is 21.6 Å². The molecule has 0 atom stereocenters. The molecule has 0 amide bonds. The van der Waals surface area contributed by atoms with Gasteiger partial charge in [-0.15, -0.1) is 11.3 Å². The molecule has 2 aromatic carbocycles. The smallest absolute Gasteiger partial charge is 0.332 e. The molecule has 4 nitrogen and oxygen atoms in total. The lowest BCUT2D eigenvalue weighted by Gasteiger charge is -2.13. The van der Waals surface area contributed by atoms with Crippen LogP contribution < -0.4 is 10.6 Å². The molecule has 1 aromatic heterocycles. The number of sulfone groups is 1. The summed E-state index contributed by atoms with van der Waals surface area (Å²) in [5, 5.41) is 8.99. The van der Waals surface area contributed by atoms with E-state index in [0.717, 1.165) is 23.5 Å². The second kappa shape index (κ2) is 8.31. The van der Waals surface area contributed by atoms with Gasteiger partial charge in [0.1, 0.15) is 4.90 Å². The van der Waals surface area contributed by atoms with E-state index in [0.29, 0.717) is 10.7 Å². The number of alkyl halides is 3. The lowest BCUT2D eigenvalue weighted by atomic mass is 10.2. The van der Waals surface area contributed by atoms with Crippen molar-refractivity contribution < 1.29 is 21.6 Å². The lowest BCUT2D eigenvalue weighted by Crippen LogP contribution is -2.20. The first-order valence-corrected chi connectivity index (χ1v) is 11.1. The molecule has 3 aromatic rings. The van der Waals surface area contributed by atoms with Gasteiger partial charge >= 0.3 is 6.18 Å². The number of benzene rings is 2. The molecule has 0 spiro atoms. The predicted molar refractivity (Wildman–Crippen MR) is 113 cm³/mol. The van der Waals surface area contributed by atoms with Gasteiger partial charge in [-0.05, 0) is 60.7 Å². The third-order valence-corrected chi connectivity index (χ3v) is 6.92. The quantitative estimate of drug-likeness (QED) is 0.448. The summed E-state index contributed by atoms with van der Waals surface area (Å²) in [5.41, 5.74) is -0.196. The SMILES string of the molecule is O=S(=O)(c1ccc(Cl)cc1)c1cscc1NC(=S)Nc1ccc(C(F)(F)F)cc1. The Kier molecular flexibility index (Phi) is 6.18. The van der Waals surface area contributed by atoms with Gasteiger partial charge in [0.15, 0.2) is 5.11 Å². The van der Waals surface area contributed by atoms with Gasteiger partial charge in [0.05, 0.1) is 16.1 Å². The molecule has 0 saturated carbocycles. The average Bonchev–Trinajstić information content (AvgIpc) is 3.10. The fraction of sp³-hybridized carbons (Fsp3) is 0.0556. The summed E-state index contributed by atoms with van der Waals surface area (Å²) in [6.07, 6.45) is -4.43. The van der Waals surface area contributed by atoms with E-state index in [1.54, 1.807) is 5.38 Å². The van der Waals surface area contributed by atoms with E-state index in [9.17, 15) is 21.6 Å². The highest BCUT2D eigenvalue weighted by Crippen LogP contribution is 2.32. The first-order chi connectivity index (χ1) is 13.6. The van der Waals surface area contributed by atoms with Gasteiger partial charge < -0.3 is 10.6 Å². The van der Waals surface area contributed by atoms with E-state index in [4.69, 9.17) is 23.8 Å². The Balaban J connectivity index is 1.76. The van der Waals surface area contributed by atoms with Crippen molar-refractivity contribution in [2.45, 2.75) is 16.0 Å². The van der Waals surface area contributed by atoms with Crippen LogP contribution in [0.5, 0.6) is 0 Å². The summed E-state index contributed by atoms with van der Waals surface area (Å²) in [7, 11) is -3.81. The largest absolute Gasteiger partial charge is 0.416 e. The summed E-state index contributed by atoms with van der Waals surface area (Å²) in [5.74, 6) is 0. The number of nitrogens with one attached hydrogen (secondary N) is 2. The van der Waals surface area contributed by atoms with Crippen molar-refractivity contribution in [3.05, 3.63) is 69.9 Å². The first kappa shape index (κ1) is 21.6. The average molecular weight is 477 g/mol. The molecule has 29 heavy (non-hydrogen) atoms. The van der Waals surface area contributed by atoms with Crippen LogP contribution in [0.4, 0.5) is 24.5 Å². The van der Waals surface area contributed by atoms with Gasteiger partial charge in [0.2, 0.25) is 9.84 Å². The van der Waals surface area contributed by atoms with Crippen molar-refractivity contribution in [2.75, 3.05) is 10.6 Å². The maximum absolute atomic E-state index is 12.9. The molecular formula is C18H12ClF3N2O2S3. The van der Waals surface area contributed by atoms with E-state index in [2.05, 4.69) is 10.6 Å². The van der Waals surface area contributed by atoms with Crippen LogP contribution in [0.2, 0.25) is 5.02 Å². The van der Waals surface area contributed by atoms with Gasteiger partial charge in [-0.3, -0.25) is 0 Å². The number of thiophene rings is 1. The summed E-state index contributed by atoms with van der Waals surface area (Å²) < 4.78 is 63.6. The van der Waals surface area contributed by atoms with Crippen molar-refractivity contribution in [3.8, 4) is 0 Å². The van der Waals surface area contributed by atoms with E-state index in [1.165, 1.54) is 41.8 Å². The minimum Gasteiger partial charge on any atom is -0.332 e. The number of rotatable bonds is 4. The molecule has 0 unspecified atom stereocenters. The summed E-state index contributed by atoms with van der Waals surface area (Å²) in [6, 6.07) is 10.1. The van der Waals surface area contributed by atoms with Crippen molar-refractivity contribution >= 4 is 61.5 Å². The second-order valence-corrected chi connectivity index (χ2v) is 9.27. The lowest BCUT2D eigenvalue weighted by molar-refractivity contribution is -0.137. The number of thiocarbonyl (C=S) groups is 1. The van der Waals surface area contributed by atoms with E-state index >= 15 is 0 Å². The normalized spacial score (nSPS) is 11.9. The van der Waals surface area contributed by atoms with Gasteiger partial charge in [-0.25, -0.2) is 8.42 Å². The molecule has 0 saturated heterocycles. The van der Waals surface area contributed by atoms with Crippen molar-refractivity contribution in [3.63, 3.8) is 0 Å². The van der Waals surface area contributed by atoms with Crippen LogP contribution in [0.25, 0.3) is 0 Å². The number of halogens is 4. The molecule has 0 aliphatic heterocycles. The zero-order chi connectivity index (χ0) is 21.2. The minimum atomic E-state index is -4.43. The van der Waals surface area contributed by atoms with Crippen LogP contribution in [0.1, 0.15) is 5.56 Å². The zero-order valence-corrected chi connectivity index (χ0v) is 17.5. The van der Waals surface area contributed by atoms with Crippen LogP contribution >= 0.6 is 35.2 Å². The Morgan fingerprint density at radius 1 is 0.966 bits per heavy atom. The molecule has 152 valence electrons. The van der Waals surface area contributed by atoms with Crippen molar-refractivity contribution in [1.29, 1.82) is 0 Å². The maximum atomic E-state index is 12.9. The molecule has 0 aliphatic carbocycles. The summed E-state index contributed by atoms with van der Waals surface area (Å²) in [4.78, 5) is 0.103. The zero-order valence-electron chi connectivity index (χ0n) is 14.3. The fourth-order valence-electron chi connectivity index (χ4n) is 2.35. The molecule has 0 radical (unpaired) electrons. The van der Waals surface area contributed by atoms with Crippen LogP contribution in [0.15, 0.2) is 69.1 Å². The number of anilines is 2. The standard InChI is InChI=1S/C18H12ClF3N2O2S3/c19-12-3-7-14(8-4-12)29(25,26)16-10-28-9-15(16)24-17(27)23-13-5-1-11(2-6-13)18(20,21)22/h1-10H,(H2,23,24,27). The summed E-state index contributed by atoms with van der Waals surface area (Å²) >= 11 is 12.1. The molecule has 3 rings (SSSR count). The highest BCUT2D eigenvalue weighted by atomic mass is 35.5. The van der Waals surface area contributed by atoms with Crippen LogP contribution in [0, 0.1) is 0 Å². The monoisotopic (exact) mass is 476 g/mol. The first-order valence-electron chi connectivity index (χ1n) is 7.89. The molecule has 2 N–H and O–H groups in total. The molecule has 0 bridgehead atoms. The molecule has 11 heteroatoms. The fourth-order valence-corrected chi connectivity index (χ4v) is 5.24. The molecule has 0 aliphatic rings. The third kappa shape index (κ3) is 5.08. The van der Waals surface area contributed by atoms with Gasteiger partial charge in [0.25, 0.3) is 0 Å². The van der Waals surface area contributed by atoms with Crippen molar-refractivity contribution in [2.24, 2.45) is 0 Å². The summed E-state index contributed by atoms with van der Waals surface area (Å²) in [6.45, 7) is 0. The van der Waals surface area contributed by atoms with Gasteiger partial charge in [-0.2, -0.15) is 13.2 Å². The van der Waals surface area contributed by atoms with Crippen molar-refractivity contribution in [1.82, 2.24) is 0 Å². The Labute approximate surface area is 179 Å². The van der Waals surface area contributed by atoms with Crippen LogP contribution in [0.3, 0.4) is 0 Å². The number of hydrogen-bond acceptors (Lipinski definition) is 4. The Hall–Kier alpha value is -2.14. The van der Waals surface area contributed by atoms with Gasteiger partial charge in [-0.1, -0.05) is 11.6 Å². The minimum absolute atomic E-state index is 0.0291. The van der Waals surface area contributed by atoms with Crippen LogP contribution in [-0.4, -0.2) is 13.5 Å². The molecular weight excluding hydrogens is 465 g/mol. The van der Waals surface area contributed by atoms with Crippen LogP contribution in [-0.2, 0) is 16.0 Å². The highest BCUT2D eigenvalue weighted by molar-refractivity contribution is 7.91. The second-order valence-electron chi connectivity index (χ2n) is 5.76. The molecule has 0 fully saturated rings. The Morgan fingerprint density at radius 3 is 2.17 bits per heavy atom. The Morgan fingerprint density at radius 2 is 1.59 bits per heavy atom. The maximum Gasteiger partial charge on any atom is 0.416 e. The number of hydrogen-bond donors (Lipinski definition) is 2. The highest BCUT2D eigenvalue weighted by Gasteiger charge is 2.30. The Bertz CT molecular complexity index is 1130. The third-order valence-electron chi connectivity index (χ3n) is 3.76. The molecule has 1 heterocycles.